The van der Waals surface area contributed by atoms with Crippen LogP contribution < -0.4 is 11.1 Å². The van der Waals surface area contributed by atoms with Crippen LogP contribution in [0.5, 0.6) is 0 Å². The molecule has 1 rings (SSSR count). The summed E-state index contributed by atoms with van der Waals surface area (Å²) in [6, 6.07) is 2.40. The zero-order valence-corrected chi connectivity index (χ0v) is 10.5. The summed E-state index contributed by atoms with van der Waals surface area (Å²) in [5, 5.41) is 11.4. The second kappa shape index (κ2) is 5.81. The predicted molar refractivity (Wildman–Crippen MR) is 65.8 cm³/mol. The number of carboxylic acid groups (broad SMARTS) is 1. The van der Waals surface area contributed by atoms with Gasteiger partial charge in [-0.3, -0.25) is 4.79 Å². The number of aromatic carboxylic acids is 1. The van der Waals surface area contributed by atoms with Crippen molar-refractivity contribution in [2.75, 3.05) is 11.9 Å². The number of alkyl halides is 3. The summed E-state index contributed by atoms with van der Waals surface area (Å²) < 4.78 is 36.1. The number of hydrogen-bond donors (Lipinski definition) is 3. The van der Waals surface area contributed by atoms with Crippen molar-refractivity contribution in [2.45, 2.75) is 19.5 Å². The molecule has 8 heteroatoms. The van der Waals surface area contributed by atoms with Crippen LogP contribution in [0.15, 0.2) is 12.1 Å². The fourth-order valence-electron chi connectivity index (χ4n) is 1.64. The van der Waals surface area contributed by atoms with Gasteiger partial charge in [-0.1, -0.05) is 0 Å². The van der Waals surface area contributed by atoms with E-state index in [9.17, 15) is 22.8 Å². The summed E-state index contributed by atoms with van der Waals surface area (Å²) in [6.07, 6.45) is -5.39. The first-order valence-electron chi connectivity index (χ1n) is 5.60. The predicted octanol–water partition coefficient (Wildman–Crippen LogP) is 2.16. The highest BCUT2D eigenvalue weighted by molar-refractivity contribution is 6.00. The number of rotatable bonds is 5. The lowest BCUT2D eigenvalue weighted by Crippen LogP contribution is -2.18. The Morgan fingerprint density at radius 1 is 1.30 bits per heavy atom. The number of nitrogens with one attached hydrogen (secondary N) is 1. The number of anilines is 1. The standard InChI is InChI=1S/C12H13F3N2O3/c1-6-8(10(16)18)4-7(5-9(6)11(19)20)17-3-2-12(13,14)15/h4-5,17H,2-3H2,1H3,(H2,16,18)(H,19,20). The van der Waals surface area contributed by atoms with E-state index in [4.69, 9.17) is 10.8 Å². The molecule has 0 aliphatic heterocycles. The van der Waals surface area contributed by atoms with E-state index in [-0.39, 0.29) is 22.4 Å². The number of carbonyl (C=O) groups is 2. The molecule has 1 aromatic rings. The minimum atomic E-state index is -4.32. The molecule has 0 fully saturated rings. The van der Waals surface area contributed by atoms with Crippen molar-refractivity contribution in [3.05, 3.63) is 28.8 Å². The van der Waals surface area contributed by atoms with Gasteiger partial charge in [0.2, 0.25) is 5.91 Å². The van der Waals surface area contributed by atoms with E-state index in [0.29, 0.717) is 0 Å². The highest BCUT2D eigenvalue weighted by Gasteiger charge is 2.26. The Bertz CT molecular complexity index is 506. The monoisotopic (exact) mass is 290 g/mol. The zero-order valence-electron chi connectivity index (χ0n) is 10.5. The molecule has 110 valence electrons. The summed E-state index contributed by atoms with van der Waals surface area (Å²) in [4.78, 5) is 22.2. The molecule has 0 spiro atoms. The van der Waals surface area contributed by atoms with Gasteiger partial charge in [0.15, 0.2) is 0 Å². The number of benzene rings is 1. The van der Waals surface area contributed by atoms with E-state index < -0.39 is 31.0 Å². The molecule has 20 heavy (non-hydrogen) atoms. The zero-order chi connectivity index (χ0) is 15.5. The molecular formula is C12H13F3N2O3. The van der Waals surface area contributed by atoms with Crippen molar-refractivity contribution in [3.63, 3.8) is 0 Å². The number of primary amides is 1. The molecule has 1 amide bonds. The molecule has 0 saturated heterocycles. The third-order valence-corrected chi connectivity index (χ3v) is 2.64. The van der Waals surface area contributed by atoms with Gasteiger partial charge < -0.3 is 16.2 Å². The molecule has 0 radical (unpaired) electrons. The molecule has 0 aliphatic rings. The number of halogens is 3. The highest BCUT2D eigenvalue weighted by atomic mass is 19.4. The average Bonchev–Trinajstić information content (AvgIpc) is 2.28. The average molecular weight is 290 g/mol. The maximum Gasteiger partial charge on any atom is 0.390 e. The minimum absolute atomic E-state index is 0.0422. The van der Waals surface area contributed by atoms with Crippen LogP contribution in [0.1, 0.15) is 32.7 Å². The van der Waals surface area contributed by atoms with Crippen LogP contribution in [0.4, 0.5) is 18.9 Å². The highest BCUT2D eigenvalue weighted by Crippen LogP contribution is 2.23. The van der Waals surface area contributed by atoms with Gasteiger partial charge in [0.1, 0.15) is 0 Å². The van der Waals surface area contributed by atoms with Gasteiger partial charge in [0.25, 0.3) is 0 Å². The Hall–Kier alpha value is -2.25. The van der Waals surface area contributed by atoms with Crippen molar-refractivity contribution < 1.29 is 27.9 Å². The molecule has 0 aromatic heterocycles. The van der Waals surface area contributed by atoms with Gasteiger partial charge in [-0.2, -0.15) is 13.2 Å². The first-order valence-corrected chi connectivity index (χ1v) is 5.60. The van der Waals surface area contributed by atoms with Crippen LogP contribution >= 0.6 is 0 Å². The fraction of sp³-hybridized carbons (Fsp3) is 0.333. The Morgan fingerprint density at radius 3 is 2.30 bits per heavy atom. The van der Waals surface area contributed by atoms with Crippen LogP contribution in [-0.4, -0.2) is 29.7 Å². The number of carboxylic acids is 1. The van der Waals surface area contributed by atoms with E-state index in [2.05, 4.69) is 5.32 Å². The molecular weight excluding hydrogens is 277 g/mol. The van der Waals surface area contributed by atoms with E-state index in [1.54, 1.807) is 0 Å². The van der Waals surface area contributed by atoms with Crippen molar-refractivity contribution in [1.82, 2.24) is 0 Å². The van der Waals surface area contributed by atoms with E-state index in [0.717, 1.165) is 0 Å². The van der Waals surface area contributed by atoms with Gasteiger partial charge in [-0.15, -0.1) is 0 Å². The number of amides is 1. The lowest BCUT2D eigenvalue weighted by atomic mass is 10.0. The Kier molecular flexibility index (Phi) is 4.59. The molecule has 0 saturated carbocycles. The van der Waals surface area contributed by atoms with E-state index >= 15 is 0 Å². The van der Waals surface area contributed by atoms with E-state index in [1.807, 2.05) is 0 Å². The lowest BCUT2D eigenvalue weighted by molar-refractivity contribution is -0.131. The van der Waals surface area contributed by atoms with Gasteiger partial charge in [-0.25, -0.2) is 4.79 Å². The Morgan fingerprint density at radius 2 is 1.85 bits per heavy atom. The fourth-order valence-corrected chi connectivity index (χ4v) is 1.64. The number of nitrogens with two attached hydrogens (primary N) is 1. The topological polar surface area (TPSA) is 92.4 Å². The second-order valence-electron chi connectivity index (χ2n) is 4.16. The van der Waals surface area contributed by atoms with Gasteiger partial charge in [0.05, 0.1) is 12.0 Å². The maximum absolute atomic E-state index is 12.0. The van der Waals surface area contributed by atoms with Crippen LogP contribution in [0.25, 0.3) is 0 Å². The smallest absolute Gasteiger partial charge is 0.390 e. The maximum atomic E-state index is 12.0. The summed E-state index contributed by atoms with van der Waals surface area (Å²) in [5.74, 6) is -2.13. The SMILES string of the molecule is Cc1c(C(N)=O)cc(NCCC(F)(F)F)cc1C(=O)O. The van der Waals surface area contributed by atoms with E-state index in [1.165, 1.54) is 19.1 Å². The Labute approximate surface area is 112 Å². The van der Waals surface area contributed by atoms with Crippen molar-refractivity contribution in [3.8, 4) is 0 Å². The molecule has 0 bridgehead atoms. The minimum Gasteiger partial charge on any atom is -0.478 e. The lowest BCUT2D eigenvalue weighted by Gasteiger charge is -2.13. The normalized spacial score (nSPS) is 11.2. The molecule has 0 aliphatic carbocycles. The van der Waals surface area contributed by atoms with Gasteiger partial charge in [-0.05, 0) is 24.6 Å². The van der Waals surface area contributed by atoms with Crippen LogP contribution in [0.3, 0.4) is 0 Å². The summed E-state index contributed by atoms with van der Waals surface area (Å²) in [5.41, 5.74) is 5.16. The van der Waals surface area contributed by atoms with Crippen LogP contribution in [-0.2, 0) is 0 Å². The van der Waals surface area contributed by atoms with Crippen molar-refractivity contribution in [2.24, 2.45) is 5.73 Å². The molecule has 5 nitrogen and oxygen atoms in total. The molecule has 0 heterocycles. The first-order chi connectivity index (χ1) is 9.11. The molecule has 0 unspecified atom stereocenters. The second-order valence-corrected chi connectivity index (χ2v) is 4.16. The third-order valence-electron chi connectivity index (χ3n) is 2.64. The summed E-state index contributed by atoms with van der Waals surface area (Å²) in [6.45, 7) is 0.979. The quantitative estimate of drug-likeness (QED) is 0.774. The number of hydrogen-bond acceptors (Lipinski definition) is 3. The first kappa shape index (κ1) is 15.8. The number of carbonyl (C=O) groups excluding carboxylic acids is 1. The van der Waals surface area contributed by atoms with Gasteiger partial charge in [0, 0.05) is 17.8 Å². The van der Waals surface area contributed by atoms with Gasteiger partial charge >= 0.3 is 12.1 Å². The van der Waals surface area contributed by atoms with Crippen molar-refractivity contribution >= 4 is 17.6 Å². The van der Waals surface area contributed by atoms with Crippen LogP contribution in [0.2, 0.25) is 0 Å². The molecule has 1 aromatic carbocycles. The van der Waals surface area contributed by atoms with Crippen molar-refractivity contribution in [1.29, 1.82) is 0 Å². The third kappa shape index (κ3) is 4.15. The summed E-state index contributed by atoms with van der Waals surface area (Å²) in [7, 11) is 0. The van der Waals surface area contributed by atoms with Crippen LogP contribution in [0, 0.1) is 6.92 Å². The Balaban J connectivity index is 3.03. The molecule has 4 N–H and O–H groups in total. The summed E-state index contributed by atoms with van der Waals surface area (Å²) >= 11 is 0. The molecule has 0 atom stereocenters. The largest absolute Gasteiger partial charge is 0.478 e.